The minimum atomic E-state index is 0.755. The van der Waals surface area contributed by atoms with Gasteiger partial charge in [0.05, 0.1) is 0 Å². The van der Waals surface area contributed by atoms with Crippen LogP contribution in [0.25, 0.3) is 0 Å². The molecule has 0 amide bonds. The molecular weight excluding hydrogens is 190 g/mol. The minimum absolute atomic E-state index is 0.755. The number of hydrogen-bond donors (Lipinski definition) is 1. The van der Waals surface area contributed by atoms with Gasteiger partial charge in [-0.25, -0.2) is 0 Å². The maximum atomic E-state index is 3.47. The third-order valence-corrected chi connectivity index (χ3v) is 4.31. The van der Waals surface area contributed by atoms with Crippen molar-refractivity contribution >= 4 is 11.3 Å². The van der Waals surface area contributed by atoms with Crippen LogP contribution in [0.15, 0.2) is 17.5 Å². The summed E-state index contributed by atoms with van der Waals surface area (Å²) in [4.78, 5) is 1.53. The van der Waals surface area contributed by atoms with Crippen molar-refractivity contribution in [2.24, 2.45) is 5.92 Å². The number of rotatable bonds is 5. The largest absolute Gasteiger partial charge is 0.317 e. The van der Waals surface area contributed by atoms with E-state index in [9.17, 15) is 0 Å². The number of thiophene rings is 1. The van der Waals surface area contributed by atoms with Gasteiger partial charge >= 0.3 is 0 Å². The molecule has 1 atom stereocenters. The van der Waals surface area contributed by atoms with Gasteiger partial charge in [0.2, 0.25) is 0 Å². The van der Waals surface area contributed by atoms with Gasteiger partial charge in [-0.2, -0.15) is 0 Å². The first-order valence-electron chi connectivity index (χ1n) is 5.60. The summed E-state index contributed by atoms with van der Waals surface area (Å²) in [5, 5.41) is 5.64. The van der Waals surface area contributed by atoms with E-state index in [0.29, 0.717) is 0 Å². The zero-order chi connectivity index (χ0) is 9.80. The van der Waals surface area contributed by atoms with E-state index in [1.54, 1.807) is 0 Å². The second-order valence-electron chi connectivity index (χ2n) is 4.20. The number of hydrogen-bond acceptors (Lipinski definition) is 2. The van der Waals surface area contributed by atoms with E-state index in [2.05, 4.69) is 29.9 Å². The summed E-state index contributed by atoms with van der Waals surface area (Å²) in [5.41, 5.74) is 0. The van der Waals surface area contributed by atoms with Crippen LogP contribution in [0.1, 0.15) is 30.6 Å². The molecule has 1 saturated carbocycles. The molecule has 1 unspecified atom stereocenters. The molecule has 2 rings (SSSR count). The first kappa shape index (κ1) is 10.2. The van der Waals surface area contributed by atoms with Gasteiger partial charge in [-0.1, -0.05) is 12.5 Å². The van der Waals surface area contributed by atoms with Crippen LogP contribution in [0.5, 0.6) is 0 Å². The molecule has 14 heavy (non-hydrogen) atoms. The molecule has 78 valence electrons. The Balaban J connectivity index is 1.77. The lowest BCUT2D eigenvalue weighted by Crippen LogP contribution is -2.37. The van der Waals surface area contributed by atoms with E-state index in [0.717, 1.165) is 12.0 Å². The molecule has 0 spiro atoms. The van der Waals surface area contributed by atoms with Crippen molar-refractivity contribution < 1.29 is 0 Å². The minimum Gasteiger partial charge on any atom is -0.317 e. The van der Waals surface area contributed by atoms with E-state index < -0.39 is 0 Å². The summed E-state index contributed by atoms with van der Waals surface area (Å²) in [5.74, 6) is 0.958. The zero-order valence-corrected chi connectivity index (χ0v) is 9.65. The molecule has 1 aliphatic carbocycles. The first-order chi connectivity index (χ1) is 6.90. The van der Waals surface area contributed by atoms with Crippen molar-refractivity contribution in [2.45, 2.75) is 38.1 Å². The molecule has 2 heteroatoms. The van der Waals surface area contributed by atoms with Crippen LogP contribution in [-0.2, 0) is 6.42 Å². The lowest BCUT2D eigenvalue weighted by Gasteiger charge is -2.33. The summed E-state index contributed by atoms with van der Waals surface area (Å²) in [6, 6.07) is 5.15. The van der Waals surface area contributed by atoms with E-state index >= 15 is 0 Å². The Morgan fingerprint density at radius 3 is 2.93 bits per heavy atom. The van der Waals surface area contributed by atoms with Crippen molar-refractivity contribution in [3.8, 4) is 0 Å². The molecular formula is C12H19NS. The topological polar surface area (TPSA) is 12.0 Å². The fourth-order valence-electron chi connectivity index (χ4n) is 2.21. The van der Waals surface area contributed by atoms with Crippen LogP contribution < -0.4 is 5.32 Å². The van der Waals surface area contributed by atoms with Gasteiger partial charge in [0.25, 0.3) is 0 Å². The van der Waals surface area contributed by atoms with Gasteiger partial charge < -0.3 is 5.32 Å². The number of aryl methyl sites for hydroxylation is 1. The van der Waals surface area contributed by atoms with Crippen molar-refractivity contribution in [2.75, 3.05) is 7.05 Å². The fraction of sp³-hybridized carbons (Fsp3) is 0.667. The van der Waals surface area contributed by atoms with Crippen molar-refractivity contribution in [3.05, 3.63) is 22.4 Å². The molecule has 0 aliphatic heterocycles. The Morgan fingerprint density at radius 2 is 2.43 bits per heavy atom. The van der Waals surface area contributed by atoms with Crippen molar-refractivity contribution in [3.63, 3.8) is 0 Å². The van der Waals surface area contributed by atoms with E-state index in [4.69, 9.17) is 0 Å². The van der Waals surface area contributed by atoms with Gasteiger partial charge in [-0.15, -0.1) is 11.3 Å². The molecule has 0 radical (unpaired) electrons. The first-order valence-corrected chi connectivity index (χ1v) is 6.48. The number of nitrogens with one attached hydrogen (secondary N) is 1. The monoisotopic (exact) mass is 209 g/mol. The lowest BCUT2D eigenvalue weighted by atomic mass is 9.78. The molecule has 0 bridgehead atoms. The average molecular weight is 209 g/mol. The summed E-state index contributed by atoms with van der Waals surface area (Å²) in [6.07, 6.45) is 6.88. The van der Waals surface area contributed by atoms with Crippen LogP contribution in [0.3, 0.4) is 0 Å². The standard InChI is InChI=1S/C12H19NS/c1-13-12(10-4-2-5-10)8-7-11-6-3-9-14-11/h3,6,9-10,12-13H,2,4-5,7-8H2,1H3. The van der Waals surface area contributed by atoms with Gasteiger partial charge in [-0.05, 0) is 50.1 Å². The highest BCUT2D eigenvalue weighted by molar-refractivity contribution is 7.09. The van der Waals surface area contributed by atoms with Crippen LogP contribution in [-0.4, -0.2) is 13.1 Å². The zero-order valence-electron chi connectivity index (χ0n) is 8.83. The van der Waals surface area contributed by atoms with Gasteiger partial charge in [0.1, 0.15) is 0 Å². The summed E-state index contributed by atoms with van der Waals surface area (Å²) < 4.78 is 0. The molecule has 1 aromatic rings. The molecule has 1 heterocycles. The van der Waals surface area contributed by atoms with Crippen LogP contribution >= 0.6 is 11.3 Å². The molecule has 0 saturated heterocycles. The van der Waals surface area contributed by atoms with Crippen molar-refractivity contribution in [1.82, 2.24) is 5.32 Å². The molecule has 1 fully saturated rings. The molecule has 1 N–H and O–H groups in total. The van der Waals surface area contributed by atoms with Crippen LogP contribution in [0.2, 0.25) is 0 Å². The highest BCUT2D eigenvalue weighted by Gasteiger charge is 2.25. The smallest absolute Gasteiger partial charge is 0.00957 e. The van der Waals surface area contributed by atoms with Gasteiger partial charge in [-0.3, -0.25) is 0 Å². The Hall–Kier alpha value is -0.340. The van der Waals surface area contributed by atoms with E-state index in [-0.39, 0.29) is 0 Å². The second kappa shape index (κ2) is 4.94. The fourth-order valence-corrected chi connectivity index (χ4v) is 2.94. The third-order valence-electron chi connectivity index (χ3n) is 3.37. The quantitative estimate of drug-likeness (QED) is 0.786. The maximum Gasteiger partial charge on any atom is 0.00957 e. The average Bonchev–Trinajstić information content (AvgIpc) is 2.61. The predicted molar refractivity (Wildman–Crippen MR) is 62.8 cm³/mol. The second-order valence-corrected chi connectivity index (χ2v) is 5.24. The van der Waals surface area contributed by atoms with Crippen molar-refractivity contribution in [1.29, 1.82) is 0 Å². The van der Waals surface area contributed by atoms with Crippen LogP contribution in [0, 0.1) is 5.92 Å². The summed E-state index contributed by atoms with van der Waals surface area (Å²) >= 11 is 1.88. The summed E-state index contributed by atoms with van der Waals surface area (Å²) in [7, 11) is 2.11. The van der Waals surface area contributed by atoms with E-state index in [1.807, 2.05) is 11.3 Å². The highest BCUT2D eigenvalue weighted by atomic mass is 32.1. The third kappa shape index (κ3) is 2.37. The van der Waals surface area contributed by atoms with Crippen LogP contribution in [0.4, 0.5) is 0 Å². The molecule has 0 aromatic carbocycles. The Labute approximate surface area is 90.5 Å². The van der Waals surface area contributed by atoms with Gasteiger partial charge in [0, 0.05) is 10.9 Å². The van der Waals surface area contributed by atoms with E-state index in [1.165, 1.54) is 37.0 Å². The SMILES string of the molecule is CNC(CCc1cccs1)C1CCC1. The normalized spacial score (nSPS) is 19.2. The van der Waals surface area contributed by atoms with Gasteiger partial charge in [0.15, 0.2) is 0 Å². The summed E-state index contributed by atoms with van der Waals surface area (Å²) in [6.45, 7) is 0. The maximum absolute atomic E-state index is 3.47. The Kier molecular flexibility index (Phi) is 3.60. The lowest BCUT2D eigenvalue weighted by molar-refractivity contribution is 0.228. The molecule has 1 nitrogen and oxygen atoms in total. The predicted octanol–water partition coefficient (Wildman–Crippen LogP) is 3.07. The Bertz CT molecular complexity index is 251. The Morgan fingerprint density at radius 1 is 1.57 bits per heavy atom. The molecule has 1 aromatic heterocycles. The highest BCUT2D eigenvalue weighted by Crippen LogP contribution is 2.31. The molecule has 1 aliphatic rings.